The van der Waals surface area contributed by atoms with E-state index in [0.29, 0.717) is 6.42 Å². The molecule has 0 aliphatic heterocycles. The molecule has 1 N–H and O–H groups in total. The molecule has 0 fully saturated rings. The SMILES string of the molecule is [2H]C(C)(O)CCCBr. The van der Waals surface area contributed by atoms with Gasteiger partial charge in [0, 0.05) is 5.33 Å². The standard InChI is InChI=1S/C5H11BrO/c1-5(7)3-2-4-6/h5,7H,2-4H2,1H3/i5D. The summed E-state index contributed by atoms with van der Waals surface area (Å²) >= 11 is 3.21. The van der Waals surface area contributed by atoms with Crippen LogP contribution in [0.15, 0.2) is 0 Å². The van der Waals surface area contributed by atoms with E-state index in [-0.39, 0.29) is 0 Å². The van der Waals surface area contributed by atoms with Crippen molar-refractivity contribution in [3.8, 4) is 0 Å². The first-order chi connectivity index (χ1) is 3.56. The molecule has 0 aliphatic rings. The largest absolute Gasteiger partial charge is 0.393 e. The van der Waals surface area contributed by atoms with Gasteiger partial charge in [0.05, 0.1) is 7.45 Å². The predicted molar refractivity (Wildman–Crippen MR) is 34.7 cm³/mol. The van der Waals surface area contributed by atoms with Crippen molar-refractivity contribution in [3.05, 3.63) is 0 Å². The Balaban J connectivity index is 3.11. The molecular weight excluding hydrogens is 156 g/mol. The summed E-state index contributed by atoms with van der Waals surface area (Å²) < 4.78 is 6.97. The maximum atomic E-state index is 8.79. The van der Waals surface area contributed by atoms with Crippen molar-refractivity contribution in [1.82, 2.24) is 0 Å². The molecule has 0 spiro atoms. The lowest BCUT2D eigenvalue weighted by Crippen LogP contribution is -1.98. The zero-order chi connectivity index (χ0) is 6.62. The normalized spacial score (nSPS) is 20.7. The zero-order valence-electron chi connectivity index (χ0n) is 5.45. The first kappa shape index (κ1) is 5.57. The fourth-order valence-electron chi connectivity index (χ4n) is 0.323. The molecule has 1 atom stereocenters. The zero-order valence-corrected chi connectivity index (χ0v) is 6.03. The van der Waals surface area contributed by atoms with E-state index in [9.17, 15) is 0 Å². The summed E-state index contributed by atoms with van der Waals surface area (Å²) in [4.78, 5) is 0. The Morgan fingerprint density at radius 2 is 2.57 bits per heavy atom. The average Bonchev–Trinajstić information content (AvgIpc) is 1.59. The molecule has 7 heavy (non-hydrogen) atoms. The van der Waals surface area contributed by atoms with Gasteiger partial charge in [-0.05, 0) is 19.8 Å². The molecule has 0 saturated heterocycles. The van der Waals surface area contributed by atoms with Gasteiger partial charge in [-0.25, -0.2) is 0 Å². The van der Waals surface area contributed by atoms with Crippen LogP contribution in [0.2, 0.25) is 0 Å². The molecule has 0 amide bonds. The number of alkyl halides is 1. The molecule has 0 heterocycles. The summed E-state index contributed by atoms with van der Waals surface area (Å²) in [5, 5.41) is 9.66. The summed E-state index contributed by atoms with van der Waals surface area (Å²) in [5.74, 6) is 0. The van der Waals surface area contributed by atoms with Gasteiger partial charge in [-0.3, -0.25) is 0 Å². The second-order valence-electron chi connectivity index (χ2n) is 1.53. The van der Waals surface area contributed by atoms with E-state index in [4.69, 9.17) is 6.48 Å². The molecule has 1 unspecified atom stereocenters. The van der Waals surface area contributed by atoms with Gasteiger partial charge in [0.2, 0.25) is 0 Å². The van der Waals surface area contributed by atoms with E-state index in [1.807, 2.05) is 0 Å². The van der Waals surface area contributed by atoms with E-state index >= 15 is 0 Å². The van der Waals surface area contributed by atoms with Crippen molar-refractivity contribution in [1.29, 1.82) is 0 Å². The fraction of sp³-hybridized carbons (Fsp3) is 1.00. The highest BCUT2D eigenvalue weighted by atomic mass is 79.9. The van der Waals surface area contributed by atoms with Crippen molar-refractivity contribution in [2.45, 2.75) is 25.8 Å². The van der Waals surface area contributed by atoms with E-state index in [1.54, 1.807) is 0 Å². The van der Waals surface area contributed by atoms with Crippen LogP contribution in [0.1, 0.15) is 21.1 Å². The number of hydrogen-bond acceptors (Lipinski definition) is 1. The van der Waals surface area contributed by atoms with Gasteiger partial charge in [-0.2, -0.15) is 0 Å². The van der Waals surface area contributed by atoms with Crippen molar-refractivity contribution < 1.29 is 6.48 Å². The maximum Gasteiger partial charge on any atom is 0.0597 e. The molecule has 44 valence electrons. The third-order valence-corrected chi connectivity index (χ3v) is 1.23. The van der Waals surface area contributed by atoms with Gasteiger partial charge < -0.3 is 5.11 Å². The van der Waals surface area contributed by atoms with Crippen molar-refractivity contribution in [3.63, 3.8) is 0 Å². The van der Waals surface area contributed by atoms with Gasteiger partial charge in [0.1, 0.15) is 0 Å². The molecule has 0 aliphatic carbocycles. The van der Waals surface area contributed by atoms with Crippen molar-refractivity contribution in [2.75, 3.05) is 5.33 Å². The summed E-state index contributed by atoms with van der Waals surface area (Å²) in [7, 11) is 0. The Bertz CT molecular complexity index is 59.9. The second-order valence-corrected chi connectivity index (χ2v) is 2.32. The number of rotatable bonds is 3. The number of aliphatic hydroxyl groups is 1. The number of halogens is 1. The highest BCUT2D eigenvalue weighted by Gasteiger charge is 1.90. The molecule has 0 radical (unpaired) electrons. The first-order valence-electron chi connectivity index (χ1n) is 2.84. The second kappa shape index (κ2) is 4.60. The van der Waals surface area contributed by atoms with E-state index in [1.165, 1.54) is 6.92 Å². The summed E-state index contributed by atoms with van der Waals surface area (Å²) in [6, 6.07) is 0. The van der Waals surface area contributed by atoms with Crippen LogP contribution in [-0.4, -0.2) is 16.5 Å². The third-order valence-electron chi connectivity index (χ3n) is 0.672. The first-order valence-corrected chi connectivity index (χ1v) is 3.47. The minimum Gasteiger partial charge on any atom is -0.393 e. The monoisotopic (exact) mass is 167 g/mol. The van der Waals surface area contributed by atoms with Crippen LogP contribution in [0.3, 0.4) is 0 Å². The summed E-state index contributed by atoms with van der Waals surface area (Å²) in [5.41, 5.74) is 0. The smallest absolute Gasteiger partial charge is 0.0597 e. The highest BCUT2D eigenvalue weighted by molar-refractivity contribution is 9.09. The molecule has 0 aromatic rings. The molecule has 0 aromatic carbocycles. The van der Waals surface area contributed by atoms with Gasteiger partial charge in [0.25, 0.3) is 0 Å². The molecule has 0 saturated carbocycles. The Morgan fingerprint density at radius 3 is 2.71 bits per heavy atom. The van der Waals surface area contributed by atoms with Gasteiger partial charge >= 0.3 is 0 Å². The van der Waals surface area contributed by atoms with Gasteiger partial charge in [-0.1, -0.05) is 15.9 Å². The quantitative estimate of drug-likeness (QED) is 0.633. The Morgan fingerprint density at radius 1 is 2.00 bits per heavy atom. The summed E-state index contributed by atoms with van der Waals surface area (Å²) in [6.45, 7) is 1.50. The Hall–Kier alpha value is 0.440. The minimum atomic E-state index is -1.23. The predicted octanol–water partition coefficient (Wildman–Crippen LogP) is 1.54. The van der Waals surface area contributed by atoms with Gasteiger partial charge in [0.15, 0.2) is 0 Å². The Kier molecular flexibility index (Phi) is 3.66. The fourth-order valence-corrected chi connectivity index (χ4v) is 0.603. The molecule has 0 rings (SSSR count). The molecular formula is C5H11BrO. The third kappa shape index (κ3) is 6.44. The van der Waals surface area contributed by atoms with Gasteiger partial charge in [-0.15, -0.1) is 0 Å². The van der Waals surface area contributed by atoms with Crippen LogP contribution in [-0.2, 0) is 0 Å². The lowest BCUT2D eigenvalue weighted by Gasteiger charge is -1.97. The van der Waals surface area contributed by atoms with Crippen molar-refractivity contribution in [2.24, 2.45) is 0 Å². The number of hydrogen-bond donors (Lipinski definition) is 1. The van der Waals surface area contributed by atoms with Crippen LogP contribution >= 0.6 is 15.9 Å². The maximum absolute atomic E-state index is 8.79. The molecule has 1 nitrogen and oxygen atoms in total. The minimum absolute atomic E-state index is 0.540. The van der Waals surface area contributed by atoms with Crippen LogP contribution in [0, 0.1) is 0 Å². The van der Waals surface area contributed by atoms with E-state index in [0.717, 1.165) is 11.8 Å². The van der Waals surface area contributed by atoms with E-state index < -0.39 is 6.08 Å². The average molecular weight is 168 g/mol. The molecule has 0 bridgehead atoms. The Labute approximate surface area is 54.3 Å². The lowest BCUT2D eigenvalue weighted by atomic mass is 10.2. The van der Waals surface area contributed by atoms with E-state index in [2.05, 4.69) is 15.9 Å². The molecule has 0 aromatic heterocycles. The van der Waals surface area contributed by atoms with Crippen LogP contribution in [0.5, 0.6) is 0 Å². The topological polar surface area (TPSA) is 20.2 Å². The summed E-state index contributed by atoms with van der Waals surface area (Å²) in [6.07, 6.45) is 0.169. The van der Waals surface area contributed by atoms with Crippen LogP contribution in [0.25, 0.3) is 0 Å². The van der Waals surface area contributed by atoms with Crippen LogP contribution < -0.4 is 0 Å². The highest BCUT2D eigenvalue weighted by Crippen LogP contribution is 1.97. The van der Waals surface area contributed by atoms with Crippen molar-refractivity contribution >= 4 is 15.9 Å². The molecule has 2 heteroatoms. The lowest BCUT2D eigenvalue weighted by molar-refractivity contribution is 0.184. The van der Waals surface area contributed by atoms with Crippen LogP contribution in [0.4, 0.5) is 0 Å².